The number of hydrogen-bond donors (Lipinski definition) is 0. The van der Waals surface area contributed by atoms with Gasteiger partial charge >= 0.3 is 6.18 Å². The third kappa shape index (κ3) is 7.53. The van der Waals surface area contributed by atoms with E-state index in [1.165, 1.54) is 12.1 Å². The topological polar surface area (TPSA) is 33.6 Å². The molecule has 0 spiro atoms. The van der Waals surface area contributed by atoms with E-state index in [9.17, 15) is 5.26 Å². The van der Waals surface area contributed by atoms with Gasteiger partial charge in [0.1, 0.15) is 11.6 Å². The molecule has 346 valence electrons. The van der Waals surface area contributed by atoms with Crippen LogP contribution in [-0.4, -0.2) is 9.13 Å². The third-order valence-electron chi connectivity index (χ3n) is 14.2. The largest absolute Gasteiger partial charge is 0.417 e. The number of rotatable bonds is 7. The molecule has 0 atom stereocenters. The summed E-state index contributed by atoms with van der Waals surface area (Å²) < 4.78 is 50.0. The summed E-state index contributed by atoms with van der Waals surface area (Å²) in [6, 6.07) is 71.0. The number of hydrogen-bond acceptors (Lipinski definition) is 1. The molecule has 6 heteroatoms. The van der Waals surface area contributed by atoms with Gasteiger partial charge in [0.25, 0.3) is 0 Å². The average Bonchev–Trinajstić information content (AvgIpc) is 3.89. The van der Waals surface area contributed by atoms with Gasteiger partial charge in [0.2, 0.25) is 0 Å². The van der Waals surface area contributed by atoms with E-state index in [1.54, 1.807) is 12.1 Å². The molecule has 0 unspecified atom stereocenters. The van der Waals surface area contributed by atoms with Crippen molar-refractivity contribution < 1.29 is 13.2 Å². The highest BCUT2D eigenvalue weighted by Gasteiger charge is 2.35. The maximum atomic E-state index is 15.3. The zero-order chi connectivity index (χ0) is 49.4. The molecule has 0 bridgehead atoms. The lowest BCUT2D eigenvalue weighted by Crippen LogP contribution is -2.10. The minimum absolute atomic E-state index is 0.0152. The van der Waals surface area contributed by atoms with Crippen LogP contribution in [0.5, 0.6) is 0 Å². The Kier molecular flexibility index (Phi) is 10.6. The fourth-order valence-corrected chi connectivity index (χ4v) is 10.9. The fourth-order valence-electron chi connectivity index (χ4n) is 10.9. The summed E-state index contributed by atoms with van der Waals surface area (Å²) in [5, 5.41) is 15.7. The second-order valence-electron chi connectivity index (χ2n) is 19.1. The number of benzene rings is 10. The Bertz CT molecular complexity index is 4010. The molecule has 12 rings (SSSR count). The highest BCUT2D eigenvalue weighted by Crippen LogP contribution is 2.47. The summed E-state index contributed by atoms with van der Waals surface area (Å²) in [5.74, 6) is 0. The maximum Gasteiger partial charge on any atom is 0.417 e. The van der Waals surface area contributed by atoms with Gasteiger partial charge in [-0.05, 0) is 138 Å². The fraction of sp³-hybridized carbons (Fsp3) is 0.0758. The molecule has 0 saturated heterocycles. The molecule has 0 saturated carbocycles. The van der Waals surface area contributed by atoms with Gasteiger partial charge in [-0.2, -0.15) is 18.4 Å². The van der Waals surface area contributed by atoms with Crippen LogP contribution >= 0.6 is 0 Å². The van der Waals surface area contributed by atoms with Crippen LogP contribution in [0.25, 0.3) is 111 Å². The van der Waals surface area contributed by atoms with E-state index in [4.69, 9.17) is 0 Å². The molecule has 10 aromatic carbocycles. The van der Waals surface area contributed by atoms with Crippen LogP contribution in [0.4, 0.5) is 13.2 Å². The van der Waals surface area contributed by atoms with Crippen LogP contribution in [-0.2, 0) is 6.18 Å². The molecule has 0 radical (unpaired) electrons. The highest BCUT2D eigenvalue weighted by atomic mass is 19.4. The summed E-state index contributed by atoms with van der Waals surface area (Å²) in [4.78, 5) is 0. The van der Waals surface area contributed by atoms with Crippen molar-refractivity contribution in [3.63, 3.8) is 0 Å². The summed E-state index contributed by atoms with van der Waals surface area (Å²) in [6.07, 6.45) is -4.68. The van der Waals surface area contributed by atoms with Gasteiger partial charge in [0.15, 0.2) is 0 Å². The predicted octanol–water partition coefficient (Wildman–Crippen LogP) is 18.3. The number of fused-ring (bicyclic) bond motifs is 6. The van der Waals surface area contributed by atoms with Gasteiger partial charge < -0.3 is 9.13 Å². The van der Waals surface area contributed by atoms with Crippen molar-refractivity contribution in [1.82, 2.24) is 9.13 Å². The zero-order valence-corrected chi connectivity index (χ0v) is 40.1. The smallest absolute Gasteiger partial charge is 0.308 e. The molecule has 0 fully saturated rings. The lowest BCUT2D eigenvalue weighted by atomic mass is 9.94. The number of nitriles is 1. The van der Waals surface area contributed by atoms with Crippen molar-refractivity contribution in [1.29, 1.82) is 5.26 Å². The molecular formula is C66H46F3N3. The van der Waals surface area contributed by atoms with Crippen molar-refractivity contribution in [3.05, 3.63) is 240 Å². The highest BCUT2D eigenvalue weighted by molar-refractivity contribution is 6.14. The Morgan fingerprint density at radius 2 is 0.722 bits per heavy atom. The summed E-state index contributed by atoms with van der Waals surface area (Å²) in [6.45, 7) is 8.32. The van der Waals surface area contributed by atoms with Crippen LogP contribution < -0.4 is 0 Å². The van der Waals surface area contributed by atoms with E-state index in [2.05, 4.69) is 184 Å². The van der Waals surface area contributed by atoms with E-state index in [1.807, 2.05) is 34.9 Å². The second-order valence-corrected chi connectivity index (χ2v) is 19.1. The zero-order valence-electron chi connectivity index (χ0n) is 40.1. The number of alkyl halides is 3. The number of nitrogens with zero attached hydrogens (tertiary/aromatic N) is 3. The van der Waals surface area contributed by atoms with Crippen LogP contribution in [0.1, 0.15) is 33.4 Å². The van der Waals surface area contributed by atoms with Crippen molar-refractivity contribution in [2.24, 2.45) is 0 Å². The Morgan fingerprint density at radius 3 is 1.08 bits per heavy atom. The van der Waals surface area contributed by atoms with E-state index in [0.717, 1.165) is 116 Å². The molecule has 0 amide bonds. The molecule has 72 heavy (non-hydrogen) atoms. The Hall–Kier alpha value is -8.92. The van der Waals surface area contributed by atoms with E-state index in [-0.39, 0.29) is 16.7 Å². The predicted molar refractivity (Wildman–Crippen MR) is 291 cm³/mol. The Labute approximate surface area is 415 Å². The molecule has 0 aliphatic carbocycles. The Balaban J connectivity index is 1.20. The van der Waals surface area contributed by atoms with Crippen LogP contribution in [0.3, 0.4) is 0 Å². The molecule has 3 nitrogen and oxygen atoms in total. The van der Waals surface area contributed by atoms with Crippen molar-refractivity contribution >= 4 is 43.6 Å². The van der Waals surface area contributed by atoms with Crippen molar-refractivity contribution in [3.8, 4) is 73.1 Å². The first-order valence-corrected chi connectivity index (χ1v) is 24.1. The maximum absolute atomic E-state index is 15.3. The second kappa shape index (κ2) is 17.2. The number of aryl methyl sites for hydroxylation is 4. The quantitative estimate of drug-likeness (QED) is 0.157. The van der Waals surface area contributed by atoms with Gasteiger partial charge in [-0.1, -0.05) is 168 Å². The average molecular weight is 938 g/mol. The lowest BCUT2D eigenvalue weighted by molar-refractivity contribution is -0.137. The Morgan fingerprint density at radius 1 is 0.361 bits per heavy atom. The van der Waals surface area contributed by atoms with Crippen LogP contribution in [0, 0.1) is 39.0 Å². The van der Waals surface area contributed by atoms with Gasteiger partial charge in [-0.25, -0.2) is 0 Å². The van der Waals surface area contributed by atoms with Gasteiger partial charge in [0.05, 0.1) is 39.0 Å². The third-order valence-corrected chi connectivity index (χ3v) is 14.2. The van der Waals surface area contributed by atoms with E-state index in [0.29, 0.717) is 11.4 Å². The van der Waals surface area contributed by atoms with Gasteiger partial charge in [0, 0.05) is 27.1 Å². The normalized spacial score (nSPS) is 11.8. The first kappa shape index (κ1) is 44.3. The summed E-state index contributed by atoms with van der Waals surface area (Å²) in [7, 11) is 0. The molecule has 0 aliphatic heterocycles. The molecular weight excluding hydrogens is 892 g/mol. The molecule has 2 heterocycles. The van der Waals surface area contributed by atoms with E-state index < -0.39 is 11.7 Å². The number of aromatic nitrogens is 2. The molecule has 0 N–H and O–H groups in total. The SMILES string of the molecule is Cc1cccc(-c2ccc3c(c2)c2cc(-c4cccc(C)c4)ccc2n3-c2ccc(-c3ccccc3C(F)(F)F)c(-n3c4ccc(-c5cccc(C)c5)cc4c4cc(-c5cccc(C)c5)ccc43)c2C#N)c1. The van der Waals surface area contributed by atoms with Crippen molar-refractivity contribution in [2.75, 3.05) is 0 Å². The first-order chi connectivity index (χ1) is 34.9. The van der Waals surface area contributed by atoms with Crippen LogP contribution in [0.2, 0.25) is 0 Å². The number of halogens is 3. The molecule has 2 aromatic heterocycles. The lowest BCUT2D eigenvalue weighted by Gasteiger charge is -2.22. The molecule has 12 aromatic rings. The summed E-state index contributed by atoms with van der Waals surface area (Å²) >= 11 is 0. The van der Waals surface area contributed by atoms with Crippen LogP contribution in [0.15, 0.2) is 206 Å². The van der Waals surface area contributed by atoms with Crippen molar-refractivity contribution in [2.45, 2.75) is 33.9 Å². The standard InChI is InChI=1S/C66H46F3N3/c1-40-11-7-15-44(31-40)48-21-26-60-54(35-48)55-36-49(45-16-8-12-41(2)32-45)22-27-61(55)71(60)64-30-25-53(52-19-5-6-20-59(52)66(67,68)69)65(58(64)39-70)72-62-28-23-50(46-17-9-13-42(3)33-46)37-56(62)57-38-51(24-29-63(57)72)47-18-10-14-43(4)34-47/h5-38H,1-4H3. The minimum Gasteiger partial charge on any atom is -0.308 e. The van der Waals surface area contributed by atoms with Gasteiger partial charge in [-0.3, -0.25) is 0 Å². The first-order valence-electron chi connectivity index (χ1n) is 24.1. The van der Waals surface area contributed by atoms with Gasteiger partial charge in [-0.15, -0.1) is 0 Å². The molecule has 0 aliphatic rings. The van der Waals surface area contributed by atoms with E-state index >= 15 is 13.2 Å². The monoisotopic (exact) mass is 937 g/mol. The summed E-state index contributed by atoms with van der Waals surface area (Å²) in [5.41, 5.74) is 16.8. The minimum atomic E-state index is -4.68.